The summed E-state index contributed by atoms with van der Waals surface area (Å²) in [6.45, 7) is 6.02. The maximum Gasteiger partial charge on any atom is 0.237 e. The third kappa shape index (κ3) is 4.26. The number of aromatic nitrogens is 1. The molecule has 0 aliphatic carbocycles. The highest BCUT2D eigenvalue weighted by molar-refractivity contribution is 8.00. The molecule has 2 aromatic rings. The van der Waals surface area contributed by atoms with E-state index in [1.807, 2.05) is 39.0 Å². The molecule has 5 nitrogen and oxygen atoms in total. The number of hydrogen-bond acceptors (Lipinski definition) is 5. The van der Waals surface area contributed by atoms with Crippen LogP contribution in [0.2, 0.25) is 0 Å². The minimum Gasteiger partial charge on any atom is -0.399 e. The van der Waals surface area contributed by atoms with E-state index < -0.39 is 0 Å². The molecule has 2 rings (SSSR count). The maximum absolute atomic E-state index is 11.9. The molecule has 0 bridgehead atoms. The van der Waals surface area contributed by atoms with Crippen LogP contribution in [0.5, 0.6) is 0 Å². The third-order valence-electron chi connectivity index (χ3n) is 2.95. The normalized spacial score (nSPS) is 10.9. The van der Waals surface area contributed by atoms with Gasteiger partial charge in [-0.25, -0.2) is 0 Å². The Labute approximate surface area is 128 Å². The van der Waals surface area contributed by atoms with Gasteiger partial charge in [-0.15, -0.1) is 11.8 Å². The number of nitrogens with one attached hydrogen (secondary N) is 1. The van der Waals surface area contributed by atoms with Crippen LogP contribution in [-0.4, -0.2) is 16.8 Å². The number of hydrogen-bond donors (Lipinski definition) is 2. The van der Waals surface area contributed by atoms with Crippen LogP contribution < -0.4 is 11.1 Å². The average molecular weight is 305 g/mol. The van der Waals surface area contributed by atoms with Crippen molar-refractivity contribution < 1.29 is 9.32 Å². The second kappa shape index (κ2) is 6.67. The van der Waals surface area contributed by atoms with Crippen LogP contribution in [0.3, 0.4) is 0 Å². The lowest BCUT2D eigenvalue weighted by Crippen LogP contribution is -2.13. The Morgan fingerprint density at radius 3 is 2.86 bits per heavy atom. The first-order valence-corrected chi connectivity index (χ1v) is 7.69. The van der Waals surface area contributed by atoms with Gasteiger partial charge in [-0.05, 0) is 30.5 Å². The molecular weight excluding hydrogens is 286 g/mol. The molecule has 1 amide bonds. The van der Waals surface area contributed by atoms with Crippen molar-refractivity contribution in [3.63, 3.8) is 0 Å². The number of nitrogens with zero attached hydrogens (tertiary/aromatic N) is 1. The van der Waals surface area contributed by atoms with E-state index in [9.17, 15) is 4.79 Å². The van der Waals surface area contributed by atoms with Gasteiger partial charge in [0.25, 0.3) is 0 Å². The largest absolute Gasteiger partial charge is 0.399 e. The van der Waals surface area contributed by atoms with Gasteiger partial charge < -0.3 is 10.3 Å². The maximum atomic E-state index is 11.9. The summed E-state index contributed by atoms with van der Waals surface area (Å²) in [5.41, 5.74) is 8.37. The smallest absolute Gasteiger partial charge is 0.237 e. The number of rotatable bonds is 5. The Morgan fingerprint density at radius 2 is 2.19 bits per heavy atom. The number of thioether (sulfide) groups is 1. The van der Waals surface area contributed by atoms with Gasteiger partial charge in [0.2, 0.25) is 11.8 Å². The number of carbonyl (C=O) groups excluding carboxylic acids is 1. The van der Waals surface area contributed by atoms with E-state index in [-0.39, 0.29) is 11.8 Å². The molecule has 1 aromatic heterocycles. The molecule has 6 heteroatoms. The number of carbonyl (C=O) groups is 1. The molecule has 0 fully saturated rings. The van der Waals surface area contributed by atoms with E-state index in [4.69, 9.17) is 10.3 Å². The van der Waals surface area contributed by atoms with E-state index >= 15 is 0 Å². The minimum atomic E-state index is -0.131. The number of nitrogen functional groups attached to an aromatic ring is 1. The third-order valence-corrected chi connectivity index (χ3v) is 4.11. The second-order valence-electron chi connectivity index (χ2n) is 5.13. The van der Waals surface area contributed by atoms with E-state index in [0.29, 0.717) is 17.3 Å². The molecular formula is C15H19N3O2S. The summed E-state index contributed by atoms with van der Waals surface area (Å²) in [4.78, 5) is 12.9. The van der Waals surface area contributed by atoms with Crippen molar-refractivity contribution in [3.8, 4) is 0 Å². The van der Waals surface area contributed by atoms with Crippen molar-refractivity contribution in [3.05, 3.63) is 35.5 Å². The van der Waals surface area contributed by atoms with Gasteiger partial charge in [-0.2, -0.15) is 0 Å². The molecule has 21 heavy (non-hydrogen) atoms. The highest BCUT2D eigenvalue weighted by Gasteiger charge is 2.11. The first-order chi connectivity index (χ1) is 9.95. The van der Waals surface area contributed by atoms with Gasteiger partial charge in [0, 0.05) is 16.6 Å². The van der Waals surface area contributed by atoms with Crippen LogP contribution >= 0.6 is 11.8 Å². The number of amides is 1. The van der Waals surface area contributed by atoms with Gasteiger partial charge in [0.05, 0.1) is 11.4 Å². The summed E-state index contributed by atoms with van der Waals surface area (Å²) >= 11 is 1.45. The Morgan fingerprint density at radius 1 is 1.43 bits per heavy atom. The quantitative estimate of drug-likeness (QED) is 0.653. The predicted molar refractivity (Wildman–Crippen MR) is 85.5 cm³/mol. The van der Waals surface area contributed by atoms with Crippen molar-refractivity contribution in [2.24, 2.45) is 0 Å². The number of aryl methyl sites for hydroxylation is 1. The fourth-order valence-electron chi connectivity index (χ4n) is 1.71. The molecule has 0 saturated heterocycles. The number of nitrogens with two attached hydrogens (primary N) is 1. The Kier molecular flexibility index (Phi) is 4.90. The summed E-state index contributed by atoms with van der Waals surface area (Å²) in [7, 11) is 0. The fraction of sp³-hybridized carbons (Fsp3) is 0.333. The Balaban J connectivity index is 1.91. The first-order valence-electron chi connectivity index (χ1n) is 6.71. The zero-order valence-electron chi connectivity index (χ0n) is 12.3. The summed E-state index contributed by atoms with van der Waals surface area (Å²) in [6.07, 6.45) is 0. The van der Waals surface area contributed by atoms with Crippen molar-refractivity contribution in [1.82, 2.24) is 5.16 Å². The molecule has 0 spiro atoms. The highest BCUT2D eigenvalue weighted by atomic mass is 32.2. The molecule has 0 aliphatic heterocycles. The molecule has 0 atom stereocenters. The van der Waals surface area contributed by atoms with Crippen molar-refractivity contribution >= 4 is 29.2 Å². The van der Waals surface area contributed by atoms with E-state index in [1.165, 1.54) is 11.8 Å². The van der Waals surface area contributed by atoms with Crippen LogP contribution in [-0.2, 0) is 4.79 Å². The van der Waals surface area contributed by atoms with Gasteiger partial charge in [0.15, 0.2) is 0 Å². The van der Waals surface area contributed by atoms with Crippen LogP contribution in [0, 0.1) is 6.92 Å². The monoisotopic (exact) mass is 305 g/mol. The summed E-state index contributed by atoms with van der Waals surface area (Å²) < 4.78 is 5.08. The lowest BCUT2D eigenvalue weighted by Gasteiger charge is -2.06. The zero-order valence-corrected chi connectivity index (χ0v) is 13.2. The van der Waals surface area contributed by atoms with Gasteiger partial charge >= 0.3 is 0 Å². The summed E-state index contributed by atoms with van der Waals surface area (Å²) in [5, 5.41) is 6.60. The Bertz CT molecular complexity index is 638. The van der Waals surface area contributed by atoms with Crippen molar-refractivity contribution in [1.29, 1.82) is 0 Å². The molecule has 1 aromatic carbocycles. The van der Waals surface area contributed by atoms with Crippen LogP contribution in [0.1, 0.15) is 31.0 Å². The fourth-order valence-corrected chi connectivity index (χ4v) is 2.58. The first kappa shape index (κ1) is 15.4. The van der Waals surface area contributed by atoms with Crippen LogP contribution in [0.25, 0.3) is 0 Å². The SMILES string of the molecule is Cc1ccc(N)cc1SCC(=O)Nc1cc(C(C)C)no1. The highest BCUT2D eigenvalue weighted by Crippen LogP contribution is 2.25. The number of benzene rings is 1. The van der Waals surface area contributed by atoms with Gasteiger partial charge in [-0.3, -0.25) is 10.1 Å². The van der Waals surface area contributed by atoms with Crippen molar-refractivity contribution in [2.75, 3.05) is 16.8 Å². The lowest BCUT2D eigenvalue weighted by atomic mass is 10.1. The van der Waals surface area contributed by atoms with Crippen molar-refractivity contribution in [2.45, 2.75) is 31.6 Å². The molecule has 0 unspecified atom stereocenters. The standard InChI is InChI=1S/C15H19N3O2S/c1-9(2)12-7-15(20-18-12)17-14(19)8-21-13-6-11(16)5-4-10(13)3/h4-7,9H,8,16H2,1-3H3,(H,17,19). The van der Waals surface area contributed by atoms with E-state index in [1.54, 1.807) is 6.07 Å². The Hall–Kier alpha value is -1.95. The van der Waals surface area contributed by atoms with Crippen LogP contribution in [0.15, 0.2) is 33.7 Å². The molecule has 0 saturated carbocycles. The zero-order chi connectivity index (χ0) is 15.4. The average Bonchev–Trinajstić information content (AvgIpc) is 2.88. The van der Waals surface area contributed by atoms with E-state index in [2.05, 4.69) is 10.5 Å². The molecule has 0 radical (unpaired) electrons. The molecule has 1 heterocycles. The topological polar surface area (TPSA) is 81.2 Å². The molecule has 0 aliphatic rings. The second-order valence-corrected chi connectivity index (χ2v) is 6.15. The van der Waals surface area contributed by atoms with Gasteiger partial charge in [-0.1, -0.05) is 25.1 Å². The summed E-state index contributed by atoms with van der Waals surface area (Å²) in [5.74, 6) is 0.813. The number of anilines is 2. The van der Waals surface area contributed by atoms with Crippen LogP contribution in [0.4, 0.5) is 11.6 Å². The minimum absolute atomic E-state index is 0.131. The molecule has 3 N–H and O–H groups in total. The van der Waals surface area contributed by atoms with E-state index in [0.717, 1.165) is 16.2 Å². The summed E-state index contributed by atoms with van der Waals surface area (Å²) in [6, 6.07) is 7.42. The molecule has 112 valence electrons. The predicted octanol–water partition coefficient (Wildman–Crippen LogP) is 3.42. The lowest BCUT2D eigenvalue weighted by molar-refractivity contribution is -0.113. The van der Waals surface area contributed by atoms with Gasteiger partial charge in [0.1, 0.15) is 0 Å².